The van der Waals surface area contributed by atoms with Crippen LogP contribution >= 0.6 is 0 Å². The Kier molecular flexibility index (Phi) is 4.89. The van der Waals surface area contributed by atoms with E-state index in [2.05, 4.69) is 4.98 Å². The Morgan fingerprint density at radius 1 is 1.00 bits per heavy atom. The molecule has 26 heavy (non-hydrogen) atoms. The summed E-state index contributed by atoms with van der Waals surface area (Å²) in [6, 6.07) is 6.97. The Morgan fingerprint density at radius 3 is 2.23 bits per heavy atom. The third-order valence-electron chi connectivity index (χ3n) is 4.07. The summed E-state index contributed by atoms with van der Waals surface area (Å²) in [6.07, 6.45) is -3.70. The van der Waals surface area contributed by atoms with Crippen molar-refractivity contribution >= 4 is 15.8 Å². The van der Waals surface area contributed by atoms with Gasteiger partial charge in [0.1, 0.15) is 11.6 Å². The summed E-state index contributed by atoms with van der Waals surface area (Å²) in [6.45, 7) is 0.795. The SMILES string of the molecule is O=S(=O)(c1cccc(F)c1)N1CCN(c2ccc(C(F)(F)F)cn2)CC1. The number of pyridine rings is 1. The van der Waals surface area contributed by atoms with E-state index in [1.165, 1.54) is 22.5 Å². The van der Waals surface area contributed by atoms with Gasteiger partial charge in [0.05, 0.1) is 10.5 Å². The molecule has 3 rings (SSSR count). The molecule has 1 aliphatic heterocycles. The van der Waals surface area contributed by atoms with E-state index in [4.69, 9.17) is 0 Å². The predicted octanol–water partition coefficient (Wildman–Crippen LogP) is 2.75. The third-order valence-corrected chi connectivity index (χ3v) is 5.97. The van der Waals surface area contributed by atoms with Crippen LogP contribution in [0.25, 0.3) is 0 Å². The first-order valence-corrected chi connectivity index (χ1v) is 9.16. The van der Waals surface area contributed by atoms with E-state index in [1.54, 1.807) is 4.90 Å². The van der Waals surface area contributed by atoms with Gasteiger partial charge in [0.15, 0.2) is 0 Å². The molecule has 1 saturated heterocycles. The molecule has 1 fully saturated rings. The van der Waals surface area contributed by atoms with Crippen LogP contribution in [0.2, 0.25) is 0 Å². The standard InChI is InChI=1S/C16H15F4N3O2S/c17-13-2-1-3-14(10-13)26(24,25)23-8-6-22(7-9-23)15-5-4-12(11-21-15)16(18,19)20/h1-5,10-11H,6-9H2. The van der Waals surface area contributed by atoms with Crippen molar-refractivity contribution in [3.05, 3.63) is 54.0 Å². The Morgan fingerprint density at radius 2 is 1.69 bits per heavy atom. The first-order chi connectivity index (χ1) is 12.2. The zero-order valence-electron chi connectivity index (χ0n) is 13.4. The molecule has 2 heterocycles. The van der Waals surface area contributed by atoms with E-state index >= 15 is 0 Å². The molecule has 0 unspecified atom stereocenters. The van der Waals surface area contributed by atoms with Gasteiger partial charge in [-0.25, -0.2) is 17.8 Å². The quantitative estimate of drug-likeness (QED) is 0.758. The summed E-state index contributed by atoms with van der Waals surface area (Å²) in [7, 11) is -3.82. The second-order valence-electron chi connectivity index (χ2n) is 5.75. The number of rotatable bonds is 3. The van der Waals surface area contributed by atoms with Crippen molar-refractivity contribution in [3.63, 3.8) is 0 Å². The van der Waals surface area contributed by atoms with Gasteiger partial charge in [0.25, 0.3) is 0 Å². The maximum absolute atomic E-state index is 13.3. The minimum atomic E-state index is -4.46. The molecule has 140 valence electrons. The first kappa shape index (κ1) is 18.6. The van der Waals surface area contributed by atoms with Gasteiger partial charge in [-0.15, -0.1) is 0 Å². The van der Waals surface area contributed by atoms with Crippen LogP contribution in [-0.2, 0) is 16.2 Å². The highest BCUT2D eigenvalue weighted by molar-refractivity contribution is 7.89. The number of aromatic nitrogens is 1. The minimum Gasteiger partial charge on any atom is -0.354 e. The number of benzene rings is 1. The molecule has 0 aliphatic carbocycles. The minimum absolute atomic E-state index is 0.126. The van der Waals surface area contributed by atoms with Crippen molar-refractivity contribution in [2.24, 2.45) is 0 Å². The van der Waals surface area contributed by atoms with Crippen LogP contribution in [0.5, 0.6) is 0 Å². The Bertz CT molecular complexity index is 877. The van der Waals surface area contributed by atoms with E-state index < -0.39 is 27.6 Å². The van der Waals surface area contributed by atoms with E-state index in [-0.39, 0.29) is 31.1 Å². The number of hydrogen-bond donors (Lipinski definition) is 0. The molecule has 0 bridgehead atoms. The lowest BCUT2D eigenvalue weighted by Gasteiger charge is -2.34. The molecule has 0 amide bonds. The van der Waals surface area contributed by atoms with E-state index in [9.17, 15) is 26.0 Å². The largest absolute Gasteiger partial charge is 0.417 e. The van der Waals surface area contributed by atoms with Crippen molar-refractivity contribution in [2.45, 2.75) is 11.1 Å². The lowest BCUT2D eigenvalue weighted by molar-refractivity contribution is -0.137. The number of halogens is 4. The van der Waals surface area contributed by atoms with Crippen LogP contribution in [0.1, 0.15) is 5.56 Å². The zero-order valence-corrected chi connectivity index (χ0v) is 14.3. The third kappa shape index (κ3) is 3.80. The molecule has 0 saturated carbocycles. The second-order valence-corrected chi connectivity index (χ2v) is 7.69. The highest BCUT2D eigenvalue weighted by Crippen LogP contribution is 2.29. The van der Waals surface area contributed by atoms with Gasteiger partial charge in [0, 0.05) is 32.4 Å². The average Bonchev–Trinajstić information content (AvgIpc) is 2.61. The van der Waals surface area contributed by atoms with Crippen molar-refractivity contribution in [3.8, 4) is 0 Å². The molecule has 0 radical (unpaired) electrons. The van der Waals surface area contributed by atoms with Crippen LogP contribution < -0.4 is 4.90 Å². The fourth-order valence-electron chi connectivity index (χ4n) is 2.67. The summed E-state index contributed by atoms with van der Waals surface area (Å²) in [5.41, 5.74) is -0.839. The monoisotopic (exact) mass is 389 g/mol. The summed E-state index contributed by atoms with van der Waals surface area (Å²) in [4.78, 5) is 5.39. The lowest BCUT2D eigenvalue weighted by atomic mass is 10.2. The number of anilines is 1. The van der Waals surface area contributed by atoms with Gasteiger partial charge in [-0.2, -0.15) is 17.5 Å². The molecule has 0 atom stereocenters. The number of hydrogen-bond acceptors (Lipinski definition) is 4. The van der Waals surface area contributed by atoms with Crippen molar-refractivity contribution < 1.29 is 26.0 Å². The molecular weight excluding hydrogens is 374 g/mol. The Balaban J connectivity index is 1.69. The lowest BCUT2D eigenvalue weighted by Crippen LogP contribution is -2.48. The molecule has 0 spiro atoms. The van der Waals surface area contributed by atoms with Gasteiger partial charge in [-0.05, 0) is 30.3 Å². The second kappa shape index (κ2) is 6.84. The van der Waals surface area contributed by atoms with Gasteiger partial charge in [-0.1, -0.05) is 6.07 Å². The smallest absolute Gasteiger partial charge is 0.354 e. The topological polar surface area (TPSA) is 53.5 Å². The molecule has 0 N–H and O–H groups in total. The van der Waals surface area contributed by atoms with E-state index in [0.29, 0.717) is 5.82 Å². The zero-order chi connectivity index (χ0) is 18.9. The first-order valence-electron chi connectivity index (χ1n) is 7.72. The van der Waals surface area contributed by atoms with Crippen LogP contribution in [-0.4, -0.2) is 43.9 Å². The Labute approximate surface area is 147 Å². The van der Waals surface area contributed by atoms with Gasteiger partial charge >= 0.3 is 6.18 Å². The predicted molar refractivity (Wildman–Crippen MR) is 86.6 cm³/mol. The number of piperazine rings is 1. The van der Waals surface area contributed by atoms with Crippen LogP contribution in [0, 0.1) is 5.82 Å². The van der Waals surface area contributed by atoms with Crippen molar-refractivity contribution in [1.82, 2.24) is 9.29 Å². The summed E-state index contributed by atoms with van der Waals surface area (Å²) in [5.74, 6) is -0.292. The van der Waals surface area contributed by atoms with Crippen molar-refractivity contribution in [1.29, 1.82) is 0 Å². The van der Waals surface area contributed by atoms with Gasteiger partial charge in [-0.3, -0.25) is 0 Å². The molecule has 1 aromatic carbocycles. The van der Waals surface area contributed by atoms with Crippen molar-refractivity contribution in [2.75, 3.05) is 31.1 Å². The Hall–Kier alpha value is -2.20. The normalized spacial score (nSPS) is 16.7. The molecule has 5 nitrogen and oxygen atoms in total. The maximum Gasteiger partial charge on any atom is 0.417 e. The van der Waals surface area contributed by atoms with Crippen LogP contribution in [0.15, 0.2) is 47.5 Å². The molecule has 10 heteroatoms. The van der Waals surface area contributed by atoms with E-state index in [0.717, 1.165) is 24.4 Å². The summed E-state index contributed by atoms with van der Waals surface area (Å²) in [5, 5.41) is 0. The van der Waals surface area contributed by atoms with Gasteiger partial charge < -0.3 is 4.90 Å². The fraction of sp³-hybridized carbons (Fsp3) is 0.312. The summed E-state index contributed by atoms with van der Waals surface area (Å²) >= 11 is 0. The van der Waals surface area contributed by atoms with Gasteiger partial charge in [0.2, 0.25) is 10.0 Å². The van der Waals surface area contributed by atoms with Crippen LogP contribution in [0.4, 0.5) is 23.4 Å². The molecule has 1 aromatic heterocycles. The number of alkyl halides is 3. The summed E-state index contributed by atoms with van der Waals surface area (Å²) < 4.78 is 77.3. The maximum atomic E-state index is 13.3. The molecule has 2 aromatic rings. The number of nitrogens with zero attached hydrogens (tertiary/aromatic N) is 3. The highest BCUT2D eigenvalue weighted by atomic mass is 32.2. The average molecular weight is 389 g/mol. The number of sulfonamides is 1. The van der Waals surface area contributed by atoms with Crippen LogP contribution in [0.3, 0.4) is 0 Å². The highest BCUT2D eigenvalue weighted by Gasteiger charge is 2.32. The molecule has 1 aliphatic rings. The fourth-order valence-corrected chi connectivity index (χ4v) is 4.13. The van der Waals surface area contributed by atoms with E-state index in [1.807, 2.05) is 0 Å². The molecular formula is C16H15F4N3O2S.